The first kappa shape index (κ1) is 14.0. The van der Waals surface area contributed by atoms with Crippen molar-refractivity contribution in [3.05, 3.63) is 29.8 Å². The molecule has 20 heavy (non-hydrogen) atoms. The second kappa shape index (κ2) is 6.19. The van der Waals surface area contributed by atoms with Crippen LogP contribution in [0, 0.1) is 0 Å². The number of hydrogen-bond donors (Lipinski definition) is 1. The van der Waals surface area contributed by atoms with E-state index in [0.717, 1.165) is 25.2 Å². The van der Waals surface area contributed by atoms with Gasteiger partial charge in [-0.25, -0.2) is 0 Å². The lowest BCUT2D eigenvalue weighted by Gasteiger charge is -2.17. The van der Waals surface area contributed by atoms with E-state index in [9.17, 15) is 4.79 Å². The summed E-state index contributed by atoms with van der Waals surface area (Å²) in [6.07, 6.45) is 4.35. The molecular formula is C16H22N2OS. The molecule has 0 radical (unpaired) electrons. The van der Waals surface area contributed by atoms with Crippen LogP contribution in [0.2, 0.25) is 0 Å². The number of likely N-dealkylation sites (tertiary alicyclic amines) is 1. The van der Waals surface area contributed by atoms with Crippen molar-refractivity contribution in [2.75, 3.05) is 31.1 Å². The molecule has 1 atom stereocenters. The number of carbonyl (C=O) groups excluding carboxylic acids is 1. The Hall–Kier alpha value is -1.00. The van der Waals surface area contributed by atoms with E-state index in [1.54, 1.807) is 0 Å². The number of nitrogens with zero attached hydrogens (tertiary/aromatic N) is 2. The van der Waals surface area contributed by atoms with E-state index in [2.05, 4.69) is 41.8 Å². The summed E-state index contributed by atoms with van der Waals surface area (Å²) in [6, 6.07) is 8.46. The molecule has 0 bridgehead atoms. The summed E-state index contributed by atoms with van der Waals surface area (Å²) in [5.74, 6) is 0.190. The van der Waals surface area contributed by atoms with E-state index in [-0.39, 0.29) is 11.2 Å². The van der Waals surface area contributed by atoms with Crippen LogP contribution in [-0.2, 0) is 11.2 Å². The maximum atomic E-state index is 11.8. The van der Waals surface area contributed by atoms with Gasteiger partial charge in [0, 0.05) is 30.4 Å². The van der Waals surface area contributed by atoms with Crippen LogP contribution in [0.5, 0.6) is 0 Å². The van der Waals surface area contributed by atoms with Crippen molar-refractivity contribution < 1.29 is 4.79 Å². The largest absolute Gasteiger partial charge is 0.311 e. The van der Waals surface area contributed by atoms with E-state index in [1.165, 1.54) is 31.5 Å². The maximum absolute atomic E-state index is 11.8. The van der Waals surface area contributed by atoms with Crippen LogP contribution in [0.3, 0.4) is 0 Å². The van der Waals surface area contributed by atoms with E-state index >= 15 is 0 Å². The minimum absolute atomic E-state index is 0.178. The maximum Gasteiger partial charge on any atom is 0.228 e. The molecule has 4 heteroatoms. The topological polar surface area (TPSA) is 23.6 Å². The summed E-state index contributed by atoms with van der Waals surface area (Å²) >= 11 is 4.40. The predicted octanol–water partition coefficient (Wildman–Crippen LogP) is 2.36. The smallest absolute Gasteiger partial charge is 0.228 e. The lowest BCUT2D eigenvalue weighted by molar-refractivity contribution is -0.117. The molecule has 0 N–H and O–H groups in total. The van der Waals surface area contributed by atoms with Gasteiger partial charge in [-0.15, -0.1) is 0 Å². The van der Waals surface area contributed by atoms with Crippen molar-refractivity contribution in [1.82, 2.24) is 4.90 Å². The van der Waals surface area contributed by atoms with E-state index in [1.807, 2.05) is 4.90 Å². The summed E-state index contributed by atoms with van der Waals surface area (Å²) in [7, 11) is 0. The van der Waals surface area contributed by atoms with Gasteiger partial charge in [0.25, 0.3) is 0 Å². The van der Waals surface area contributed by atoms with Crippen LogP contribution < -0.4 is 4.90 Å². The Balaban J connectivity index is 1.58. The number of rotatable bonds is 4. The minimum atomic E-state index is 0.178. The predicted molar refractivity (Wildman–Crippen MR) is 85.6 cm³/mol. The summed E-state index contributed by atoms with van der Waals surface area (Å²) in [5.41, 5.74) is 2.37. The average Bonchev–Trinajstić information content (AvgIpc) is 3.07. The highest BCUT2D eigenvalue weighted by atomic mass is 32.1. The Labute approximate surface area is 126 Å². The normalized spacial score (nSPS) is 23.8. The van der Waals surface area contributed by atoms with Crippen LogP contribution in [-0.4, -0.2) is 42.2 Å². The summed E-state index contributed by atoms with van der Waals surface area (Å²) in [4.78, 5) is 16.2. The molecule has 0 aromatic heterocycles. The molecule has 2 fully saturated rings. The molecule has 0 saturated carbocycles. The van der Waals surface area contributed by atoms with Crippen LogP contribution >= 0.6 is 12.6 Å². The number of amides is 1. The standard InChI is InChI=1S/C16H22N2OS/c19-16-11-15(20)12-18(16)14-5-3-13(4-6-14)7-10-17-8-1-2-9-17/h3-6,15,20H,1-2,7-12H2. The van der Waals surface area contributed by atoms with Crippen LogP contribution in [0.15, 0.2) is 24.3 Å². The third-order valence-electron chi connectivity index (χ3n) is 4.27. The summed E-state index contributed by atoms with van der Waals surface area (Å²) < 4.78 is 0. The van der Waals surface area contributed by atoms with Gasteiger partial charge in [0.2, 0.25) is 5.91 Å². The van der Waals surface area contributed by atoms with Crippen molar-refractivity contribution >= 4 is 24.2 Å². The Morgan fingerprint density at radius 2 is 1.85 bits per heavy atom. The van der Waals surface area contributed by atoms with Gasteiger partial charge in [-0.05, 0) is 50.0 Å². The first-order valence-electron chi connectivity index (χ1n) is 7.52. The van der Waals surface area contributed by atoms with Gasteiger partial charge in [0.15, 0.2) is 0 Å². The Morgan fingerprint density at radius 3 is 2.45 bits per heavy atom. The molecular weight excluding hydrogens is 268 g/mol. The van der Waals surface area contributed by atoms with Gasteiger partial charge in [0.05, 0.1) is 0 Å². The van der Waals surface area contributed by atoms with Gasteiger partial charge >= 0.3 is 0 Å². The van der Waals surface area contributed by atoms with Crippen LogP contribution in [0.1, 0.15) is 24.8 Å². The number of benzene rings is 1. The molecule has 2 saturated heterocycles. The number of thiol groups is 1. The summed E-state index contributed by atoms with van der Waals surface area (Å²) in [5, 5.41) is 0.178. The third kappa shape index (κ3) is 3.18. The monoisotopic (exact) mass is 290 g/mol. The van der Waals surface area contributed by atoms with Crippen molar-refractivity contribution in [1.29, 1.82) is 0 Å². The van der Waals surface area contributed by atoms with E-state index in [0.29, 0.717) is 6.42 Å². The summed E-state index contributed by atoms with van der Waals surface area (Å²) in [6.45, 7) is 4.39. The Bertz CT molecular complexity index is 468. The fraction of sp³-hybridized carbons (Fsp3) is 0.562. The fourth-order valence-electron chi connectivity index (χ4n) is 3.07. The second-order valence-electron chi connectivity index (χ2n) is 5.83. The highest BCUT2D eigenvalue weighted by Crippen LogP contribution is 2.24. The highest BCUT2D eigenvalue weighted by Gasteiger charge is 2.28. The molecule has 1 amide bonds. The minimum Gasteiger partial charge on any atom is -0.311 e. The Morgan fingerprint density at radius 1 is 1.15 bits per heavy atom. The van der Waals surface area contributed by atoms with Gasteiger partial charge in [0.1, 0.15) is 0 Å². The molecule has 3 rings (SSSR count). The quantitative estimate of drug-likeness (QED) is 0.861. The number of hydrogen-bond acceptors (Lipinski definition) is 3. The lowest BCUT2D eigenvalue weighted by atomic mass is 10.1. The van der Waals surface area contributed by atoms with E-state index < -0.39 is 0 Å². The molecule has 0 spiro atoms. The first-order chi connectivity index (χ1) is 9.72. The third-order valence-corrected chi connectivity index (χ3v) is 4.61. The zero-order valence-electron chi connectivity index (χ0n) is 11.8. The van der Waals surface area contributed by atoms with Crippen molar-refractivity contribution in [3.8, 4) is 0 Å². The first-order valence-corrected chi connectivity index (χ1v) is 8.04. The van der Waals surface area contributed by atoms with E-state index in [4.69, 9.17) is 0 Å². The molecule has 1 aromatic rings. The SMILES string of the molecule is O=C1CC(S)CN1c1ccc(CCN2CCCC2)cc1. The van der Waals surface area contributed by atoms with Crippen LogP contribution in [0.4, 0.5) is 5.69 Å². The molecule has 0 aliphatic carbocycles. The number of anilines is 1. The van der Waals surface area contributed by atoms with Crippen LogP contribution in [0.25, 0.3) is 0 Å². The second-order valence-corrected chi connectivity index (χ2v) is 6.56. The Kier molecular flexibility index (Phi) is 4.32. The molecule has 2 aliphatic heterocycles. The zero-order chi connectivity index (χ0) is 13.9. The van der Waals surface area contributed by atoms with Crippen molar-refractivity contribution in [2.24, 2.45) is 0 Å². The average molecular weight is 290 g/mol. The van der Waals surface area contributed by atoms with Gasteiger partial charge in [-0.3, -0.25) is 4.79 Å². The highest BCUT2D eigenvalue weighted by molar-refractivity contribution is 7.81. The molecule has 3 nitrogen and oxygen atoms in total. The molecule has 108 valence electrons. The molecule has 1 aromatic carbocycles. The van der Waals surface area contributed by atoms with Crippen molar-refractivity contribution in [2.45, 2.75) is 30.9 Å². The number of carbonyl (C=O) groups is 1. The lowest BCUT2D eigenvalue weighted by Crippen LogP contribution is -2.24. The van der Waals surface area contributed by atoms with Gasteiger partial charge < -0.3 is 9.80 Å². The van der Waals surface area contributed by atoms with Gasteiger partial charge in [-0.1, -0.05) is 12.1 Å². The van der Waals surface area contributed by atoms with Gasteiger partial charge in [-0.2, -0.15) is 12.6 Å². The fourth-order valence-corrected chi connectivity index (χ4v) is 3.39. The molecule has 2 aliphatic rings. The van der Waals surface area contributed by atoms with Crippen molar-refractivity contribution in [3.63, 3.8) is 0 Å². The molecule has 1 unspecified atom stereocenters. The zero-order valence-corrected chi connectivity index (χ0v) is 12.7. The molecule has 2 heterocycles.